The molecular formula is C27H28N2O5. The summed E-state index contributed by atoms with van der Waals surface area (Å²) in [5.41, 5.74) is 1.97. The number of carbonyl (C=O) groups excluding carboxylic acids is 2. The second kappa shape index (κ2) is 10.7. The molecule has 7 heteroatoms. The van der Waals surface area contributed by atoms with Crippen LogP contribution in [0.1, 0.15) is 34.8 Å². The number of benzene rings is 3. The van der Waals surface area contributed by atoms with Gasteiger partial charge in [0, 0.05) is 17.8 Å². The molecule has 1 N–H and O–H groups in total. The molecule has 7 nitrogen and oxygen atoms in total. The van der Waals surface area contributed by atoms with Crippen molar-refractivity contribution in [1.29, 1.82) is 0 Å². The Labute approximate surface area is 199 Å². The lowest BCUT2D eigenvalue weighted by Gasteiger charge is -2.27. The second-order valence-corrected chi connectivity index (χ2v) is 7.96. The maximum Gasteiger partial charge on any atom is 0.261 e. The van der Waals surface area contributed by atoms with Crippen molar-refractivity contribution in [3.63, 3.8) is 0 Å². The van der Waals surface area contributed by atoms with Crippen LogP contribution in [0.25, 0.3) is 0 Å². The van der Waals surface area contributed by atoms with Gasteiger partial charge in [0.1, 0.15) is 17.2 Å². The van der Waals surface area contributed by atoms with Gasteiger partial charge in [-0.15, -0.1) is 0 Å². The number of ether oxygens (including phenoxy) is 3. The lowest BCUT2D eigenvalue weighted by atomic mass is 10.0. The molecule has 4 rings (SSSR count). The summed E-state index contributed by atoms with van der Waals surface area (Å²) in [5, 5.41) is 2.85. The largest absolute Gasteiger partial charge is 0.497 e. The minimum absolute atomic E-state index is 0.127. The van der Waals surface area contributed by atoms with Gasteiger partial charge in [0.05, 0.1) is 25.8 Å². The molecule has 2 amide bonds. The number of rotatable bonds is 8. The first-order valence-electron chi connectivity index (χ1n) is 11.2. The SMILES string of the molecule is COc1ccc(OC)c([C@H]2CCCN2C(=O)COc2ccccc2C(=O)Nc2ccccc2)c1. The van der Waals surface area contributed by atoms with E-state index in [2.05, 4.69) is 5.32 Å². The fourth-order valence-electron chi connectivity index (χ4n) is 4.21. The smallest absolute Gasteiger partial charge is 0.261 e. The summed E-state index contributed by atoms with van der Waals surface area (Å²) >= 11 is 0. The van der Waals surface area contributed by atoms with Crippen LogP contribution < -0.4 is 19.5 Å². The molecule has 0 aromatic heterocycles. The third-order valence-corrected chi connectivity index (χ3v) is 5.88. The summed E-state index contributed by atoms with van der Waals surface area (Å²) in [6.07, 6.45) is 1.71. The maximum atomic E-state index is 13.2. The fraction of sp³-hybridized carbons (Fsp3) is 0.259. The molecule has 176 valence electrons. The van der Waals surface area contributed by atoms with Crippen LogP contribution in [0.3, 0.4) is 0 Å². The molecule has 0 bridgehead atoms. The number of anilines is 1. The molecule has 3 aromatic rings. The van der Waals surface area contributed by atoms with Crippen LogP contribution in [0, 0.1) is 0 Å². The lowest BCUT2D eigenvalue weighted by Crippen LogP contribution is -2.34. The van der Waals surface area contributed by atoms with Crippen LogP contribution in [0.4, 0.5) is 5.69 Å². The first-order valence-corrected chi connectivity index (χ1v) is 11.2. The summed E-state index contributed by atoms with van der Waals surface area (Å²) in [5.74, 6) is 1.35. The number of likely N-dealkylation sites (tertiary alicyclic amines) is 1. The van der Waals surface area contributed by atoms with Crippen molar-refractivity contribution >= 4 is 17.5 Å². The van der Waals surface area contributed by atoms with Crippen LogP contribution in [0.5, 0.6) is 17.2 Å². The molecule has 34 heavy (non-hydrogen) atoms. The molecule has 0 aliphatic carbocycles. The minimum atomic E-state index is -0.297. The van der Waals surface area contributed by atoms with Crippen molar-refractivity contribution in [3.8, 4) is 17.2 Å². The predicted molar refractivity (Wildman–Crippen MR) is 130 cm³/mol. The first-order chi connectivity index (χ1) is 16.6. The second-order valence-electron chi connectivity index (χ2n) is 7.96. The van der Waals surface area contributed by atoms with Crippen LogP contribution in [0.15, 0.2) is 72.8 Å². The van der Waals surface area contributed by atoms with Crippen molar-refractivity contribution < 1.29 is 23.8 Å². The third-order valence-electron chi connectivity index (χ3n) is 5.88. The molecule has 3 aromatic carbocycles. The van der Waals surface area contributed by atoms with E-state index in [4.69, 9.17) is 14.2 Å². The number of para-hydroxylation sites is 2. The Morgan fingerprint density at radius 1 is 0.941 bits per heavy atom. The number of amides is 2. The Morgan fingerprint density at radius 3 is 2.47 bits per heavy atom. The summed E-state index contributed by atoms with van der Waals surface area (Å²) in [4.78, 5) is 27.8. The lowest BCUT2D eigenvalue weighted by molar-refractivity contribution is -0.134. The highest BCUT2D eigenvalue weighted by Crippen LogP contribution is 2.39. The van der Waals surface area contributed by atoms with Gasteiger partial charge in [0.25, 0.3) is 11.8 Å². The Kier molecular flexibility index (Phi) is 7.32. The van der Waals surface area contributed by atoms with Crippen LogP contribution >= 0.6 is 0 Å². The third kappa shape index (κ3) is 5.14. The van der Waals surface area contributed by atoms with Gasteiger partial charge in [-0.3, -0.25) is 9.59 Å². The van der Waals surface area contributed by atoms with Gasteiger partial charge in [-0.2, -0.15) is 0 Å². The summed E-state index contributed by atoms with van der Waals surface area (Å²) in [6, 6.07) is 21.6. The zero-order valence-electron chi connectivity index (χ0n) is 19.3. The number of nitrogens with one attached hydrogen (secondary N) is 1. The Balaban J connectivity index is 1.46. The van der Waals surface area contributed by atoms with Gasteiger partial charge in [0.15, 0.2) is 6.61 Å². The first kappa shape index (κ1) is 23.2. The molecule has 1 heterocycles. The van der Waals surface area contributed by atoms with Crippen molar-refractivity contribution in [2.24, 2.45) is 0 Å². The standard InChI is InChI=1S/C27H28N2O5/c1-32-20-14-15-24(33-2)22(17-20)23-12-8-16-29(23)26(30)18-34-25-13-7-6-11-21(25)27(31)28-19-9-4-3-5-10-19/h3-7,9-11,13-15,17,23H,8,12,16,18H2,1-2H3,(H,28,31)/t23-/m1/s1. The van der Waals surface area contributed by atoms with Gasteiger partial charge in [-0.1, -0.05) is 30.3 Å². The number of hydrogen-bond acceptors (Lipinski definition) is 5. The van der Waals surface area contributed by atoms with E-state index < -0.39 is 0 Å². The van der Waals surface area contributed by atoms with Crippen LogP contribution in [-0.2, 0) is 4.79 Å². The highest BCUT2D eigenvalue weighted by Gasteiger charge is 2.32. The molecule has 1 aliphatic heterocycles. The molecule has 0 radical (unpaired) electrons. The highest BCUT2D eigenvalue weighted by atomic mass is 16.5. The molecular weight excluding hydrogens is 432 g/mol. The Morgan fingerprint density at radius 2 is 1.71 bits per heavy atom. The predicted octanol–water partition coefficient (Wildman–Crippen LogP) is 4.70. The summed E-state index contributed by atoms with van der Waals surface area (Å²) in [6.45, 7) is 0.460. The monoisotopic (exact) mass is 460 g/mol. The molecule has 0 spiro atoms. The maximum absolute atomic E-state index is 13.2. The van der Waals surface area contributed by atoms with E-state index in [1.54, 1.807) is 38.5 Å². The molecule has 1 fully saturated rings. The highest BCUT2D eigenvalue weighted by molar-refractivity contribution is 6.06. The van der Waals surface area contributed by atoms with Crippen molar-refractivity contribution in [3.05, 3.63) is 83.9 Å². The van der Waals surface area contributed by atoms with E-state index in [1.807, 2.05) is 53.4 Å². The average molecular weight is 461 g/mol. The topological polar surface area (TPSA) is 77.1 Å². The number of carbonyl (C=O) groups is 2. The van der Waals surface area contributed by atoms with E-state index in [-0.39, 0.29) is 24.5 Å². The van der Waals surface area contributed by atoms with Crippen molar-refractivity contribution in [2.75, 3.05) is 32.7 Å². The van der Waals surface area contributed by atoms with Crippen molar-refractivity contribution in [1.82, 2.24) is 4.90 Å². The summed E-state index contributed by atoms with van der Waals surface area (Å²) in [7, 11) is 3.23. The van der Waals surface area contributed by atoms with Gasteiger partial charge in [-0.05, 0) is 55.3 Å². The van der Waals surface area contributed by atoms with Gasteiger partial charge in [0.2, 0.25) is 0 Å². The van der Waals surface area contributed by atoms with E-state index in [9.17, 15) is 9.59 Å². The Bertz CT molecular complexity index is 1150. The van der Waals surface area contributed by atoms with Gasteiger partial charge >= 0.3 is 0 Å². The Hall–Kier alpha value is -4.00. The zero-order valence-corrected chi connectivity index (χ0v) is 19.3. The zero-order chi connectivity index (χ0) is 23.9. The van der Waals surface area contributed by atoms with E-state index in [1.165, 1.54) is 0 Å². The minimum Gasteiger partial charge on any atom is -0.497 e. The number of nitrogens with zero attached hydrogens (tertiary/aromatic N) is 1. The molecule has 0 unspecified atom stereocenters. The quantitative estimate of drug-likeness (QED) is 0.527. The van der Waals surface area contributed by atoms with E-state index >= 15 is 0 Å². The van der Waals surface area contributed by atoms with E-state index in [0.717, 1.165) is 18.4 Å². The van der Waals surface area contributed by atoms with Crippen LogP contribution in [-0.4, -0.2) is 44.1 Å². The van der Waals surface area contributed by atoms with Crippen LogP contribution in [0.2, 0.25) is 0 Å². The molecule has 1 saturated heterocycles. The fourth-order valence-corrected chi connectivity index (χ4v) is 4.21. The van der Waals surface area contributed by atoms with Gasteiger partial charge in [-0.25, -0.2) is 0 Å². The van der Waals surface area contributed by atoms with E-state index in [0.29, 0.717) is 35.0 Å². The molecule has 0 saturated carbocycles. The number of hydrogen-bond donors (Lipinski definition) is 1. The van der Waals surface area contributed by atoms with Gasteiger partial charge < -0.3 is 24.4 Å². The average Bonchev–Trinajstić information content (AvgIpc) is 3.37. The summed E-state index contributed by atoms with van der Waals surface area (Å²) < 4.78 is 16.8. The van der Waals surface area contributed by atoms with Crippen molar-refractivity contribution in [2.45, 2.75) is 18.9 Å². The normalized spacial score (nSPS) is 15.0. The molecule has 1 atom stereocenters. The number of methoxy groups -OCH3 is 2. The molecule has 1 aliphatic rings.